The van der Waals surface area contributed by atoms with E-state index in [0.29, 0.717) is 28.8 Å². The highest BCUT2D eigenvalue weighted by atomic mass is 35.5. The second-order valence-electron chi connectivity index (χ2n) is 9.51. The topological polar surface area (TPSA) is 79.7 Å². The Hall–Kier alpha value is -2.88. The summed E-state index contributed by atoms with van der Waals surface area (Å²) >= 11 is 8.45. The maximum absolute atomic E-state index is 13.8. The normalized spacial score (nSPS) is 23.2. The number of imide groups is 1. The molecule has 3 aliphatic heterocycles. The molecule has 10 heteroatoms. The lowest BCUT2D eigenvalue weighted by Crippen LogP contribution is -2.39. The van der Waals surface area contributed by atoms with Crippen molar-refractivity contribution < 1.29 is 14.4 Å². The molecule has 4 heterocycles. The molecular weight excluding hydrogens is 530 g/mol. The third kappa shape index (κ3) is 4.23. The summed E-state index contributed by atoms with van der Waals surface area (Å²) in [6.45, 7) is 1.33. The number of halogens is 1. The fraction of sp³-hybridized carbons (Fsp3) is 0.333. The number of piperidine rings is 1. The molecule has 0 radical (unpaired) electrons. The van der Waals surface area contributed by atoms with Gasteiger partial charge in [0, 0.05) is 28.9 Å². The van der Waals surface area contributed by atoms with Crippen LogP contribution in [0.4, 0.5) is 5.69 Å². The summed E-state index contributed by atoms with van der Waals surface area (Å²) in [5.74, 6) is -1.84. The fourth-order valence-corrected chi connectivity index (χ4v) is 8.39. The number of para-hydroxylation sites is 1. The number of amides is 3. The first kappa shape index (κ1) is 24.5. The Morgan fingerprint density at radius 2 is 1.62 bits per heavy atom. The Morgan fingerprint density at radius 1 is 0.919 bits per heavy atom. The monoisotopic (exact) mass is 553 g/mol. The number of rotatable bonds is 4. The summed E-state index contributed by atoms with van der Waals surface area (Å²) in [7, 11) is 0. The molecule has 3 aromatic rings. The van der Waals surface area contributed by atoms with Crippen molar-refractivity contribution in [2.45, 2.75) is 42.0 Å². The summed E-state index contributed by atoms with van der Waals surface area (Å²) in [6, 6.07) is 16.1. The van der Waals surface area contributed by atoms with Crippen LogP contribution in [0.15, 0.2) is 64.4 Å². The van der Waals surface area contributed by atoms with E-state index < -0.39 is 17.1 Å². The minimum absolute atomic E-state index is 0.0626. The Morgan fingerprint density at radius 3 is 2.32 bits per heavy atom. The van der Waals surface area contributed by atoms with Gasteiger partial charge >= 0.3 is 4.87 Å². The molecule has 3 amide bonds. The van der Waals surface area contributed by atoms with E-state index in [1.54, 1.807) is 36.4 Å². The van der Waals surface area contributed by atoms with E-state index in [4.69, 9.17) is 11.6 Å². The van der Waals surface area contributed by atoms with Gasteiger partial charge in [-0.2, -0.15) is 0 Å². The molecule has 2 aromatic carbocycles. The van der Waals surface area contributed by atoms with Crippen LogP contribution in [0.5, 0.6) is 0 Å². The molecule has 0 unspecified atom stereocenters. The molecule has 0 N–H and O–H groups in total. The number of nitrogens with zero attached hydrogens (tertiary/aromatic N) is 3. The molecule has 37 heavy (non-hydrogen) atoms. The van der Waals surface area contributed by atoms with Gasteiger partial charge in [0.05, 0.1) is 16.6 Å². The van der Waals surface area contributed by atoms with Gasteiger partial charge in [0.2, 0.25) is 17.7 Å². The average molecular weight is 554 g/mol. The molecule has 0 spiro atoms. The highest BCUT2D eigenvalue weighted by Crippen LogP contribution is 2.53. The second-order valence-corrected chi connectivity index (χ2v) is 12.1. The van der Waals surface area contributed by atoms with Gasteiger partial charge < -0.3 is 4.90 Å². The van der Waals surface area contributed by atoms with Gasteiger partial charge in [-0.05, 0) is 49.1 Å². The Kier molecular flexibility index (Phi) is 6.46. The van der Waals surface area contributed by atoms with Gasteiger partial charge in [-0.15, -0.1) is 0 Å². The average Bonchev–Trinajstić information content (AvgIpc) is 3.36. The fourth-order valence-electron chi connectivity index (χ4n) is 5.49. The molecule has 190 valence electrons. The quantitative estimate of drug-likeness (QED) is 0.448. The van der Waals surface area contributed by atoms with Crippen LogP contribution in [0.1, 0.15) is 35.6 Å². The van der Waals surface area contributed by atoms with Crippen LogP contribution in [0.2, 0.25) is 5.02 Å². The zero-order valence-electron chi connectivity index (χ0n) is 19.8. The Balaban J connectivity index is 1.44. The number of carbonyl (C=O) groups excluding carboxylic acids is 3. The molecular formula is C27H24ClN3O4S2. The van der Waals surface area contributed by atoms with E-state index in [2.05, 4.69) is 0 Å². The van der Waals surface area contributed by atoms with Crippen LogP contribution in [-0.4, -0.2) is 45.5 Å². The lowest BCUT2D eigenvalue weighted by molar-refractivity contribution is -0.133. The van der Waals surface area contributed by atoms with Gasteiger partial charge in [-0.25, -0.2) is 4.90 Å². The Labute approximate surface area is 227 Å². The zero-order valence-corrected chi connectivity index (χ0v) is 22.2. The van der Waals surface area contributed by atoms with Crippen LogP contribution < -0.4 is 9.77 Å². The largest absolute Gasteiger partial charge is 0.341 e. The summed E-state index contributed by atoms with van der Waals surface area (Å²) in [5.41, 5.74) is 1.34. The summed E-state index contributed by atoms with van der Waals surface area (Å²) < 4.78 is 1.50. The molecule has 0 aliphatic carbocycles. The molecule has 6 rings (SSSR count). The highest BCUT2D eigenvalue weighted by molar-refractivity contribution is 8.00. The van der Waals surface area contributed by atoms with Crippen molar-refractivity contribution in [3.05, 3.63) is 79.7 Å². The van der Waals surface area contributed by atoms with E-state index in [0.717, 1.165) is 41.0 Å². The predicted octanol–water partition coefficient (Wildman–Crippen LogP) is 4.37. The summed E-state index contributed by atoms with van der Waals surface area (Å²) in [5, 5.41) is 0.465. The number of thioether (sulfide) groups is 1. The van der Waals surface area contributed by atoms with Gasteiger partial charge in [0.25, 0.3) is 0 Å². The van der Waals surface area contributed by atoms with Crippen molar-refractivity contribution in [3.8, 4) is 0 Å². The molecule has 0 saturated carbocycles. The van der Waals surface area contributed by atoms with Gasteiger partial charge in [0.1, 0.15) is 11.8 Å². The third-order valence-corrected chi connectivity index (χ3v) is 10.2. The SMILES string of the molecule is O=C(Cn1c2c(sc1=O)[C@@H](c1ccc(Cl)cc1)[C@@H]1C(=O)N(c3ccccc3)C(=O)[C@@H]1S2)N1CCCCC1. The predicted molar refractivity (Wildman–Crippen MR) is 144 cm³/mol. The molecule has 1 aromatic heterocycles. The number of fused-ring (bicyclic) bond motifs is 2. The maximum atomic E-state index is 13.8. The first-order valence-corrected chi connectivity index (χ1v) is 14.4. The molecule has 0 bridgehead atoms. The first-order valence-electron chi connectivity index (χ1n) is 12.3. The molecule has 2 saturated heterocycles. The minimum Gasteiger partial charge on any atom is -0.341 e. The van der Waals surface area contributed by atoms with Crippen molar-refractivity contribution in [3.63, 3.8) is 0 Å². The maximum Gasteiger partial charge on any atom is 0.308 e. The highest BCUT2D eigenvalue weighted by Gasteiger charge is 2.56. The van der Waals surface area contributed by atoms with Crippen LogP contribution >= 0.6 is 34.7 Å². The zero-order chi connectivity index (χ0) is 25.7. The van der Waals surface area contributed by atoms with E-state index >= 15 is 0 Å². The third-order valence-electron chi connectivity index (χ3n) is 7.29. The number of thiazole rings is 1. The smallest absolute Gasteiger partial charge is 0.308 e. The van der Waals surface area contributed by atoms with E-state index in [1.807, 2.05) is 23.1 Å². The second kappa shape index (κ2) is 9.78. The number of carbonyl (C=O) groups is 3. The standard InChI is InChI=1S/C27H24ClN3O4S2/c28-17-11-9-16(10-12-17)20-21-22(25(34)31(24(21)33)18-7-3-1-4-8-18)36-26-23(20)37-27(35)30(26)15-19(32)29-13-5-2-6-14-29/h1,3-4,7-12,20-22H,2,5-6,13-15H2/t20-,21-,22+/m0/s1. The van der Waals surface area contributed by atoms with Crippen LogP contribution in [0.3, 0.4) is 0 Å². The van der Waals surface area contributed by atoms with Gasteiger partial charge in [-0.3, -0.25) is 23.7 Å². The number of hydrogen-bond donors (Lipinski definition) is 0. The molecule has 3 atom stereocenters. The number of aromatic nitrogens is 1. The minimum atomic E-state index is -0.703. The van der Waals surface area contributed by atoms with E-state index in [1.165, 1.54) is 21.2 Å². The molecule has 7 nitrogen and oxygen atoms in total. The lowest BCUT2D eigenvalue weighted by atomic mass is 9.83. The van der Waals surface area contributed by atoms with Gasteiger partial charge in [0.15, 0.2) is 0 Å². The van der Waals surface area contributed by atoms with Gasteiger partial charge in [-0.1, -0.05) is 65.0 Å². The van der Waals surface area contributed by atoms with Crippen molar-refractivity contribution >= 4 is 58.1 Å². The van der Waals surface area contributed by atoms with Crippen molar-refractivity contribution in [1.82, 2.24) is 9.47 Å². The Bertz CT molecular complexity index is 1430. The van der Waals surface area contributed by atoms with Crippen LogP contribution in [-0.2, 0) is 20.9 Å². The van der Waals surface area contributed by atoms with E-state index in [9.17, 15) is 19.2 Å². The molecule has 3 aliphatic rings. The number of likely N-dealkylation sites (tertiary alicyclic amines) is 1. The summed E-state index contributed by atoms with van der Waals surface area (Å²) in [6.07, 6.45) is 3.03. The van der Waals surface area contributed by atoms with Crippen molar-refractivity contribution in [1.29, 1.82) is 0 Å². The number of anilines is 1. The number of hydrogen-bond acceptors (Lipinski definition) is 6. The first-order chi connectivity index (χ1) is 17.9. The number of benzene rings is 2. The van der Waals surface area contributed by atoms with Crippen LogP contribution in [0.25, 0.3) is 0 Å². The van der Waals surface area contributed by atoms with Crippen molar-refractivity contribution in [2.24, 2.45) is 5.92 Å². The molecule has 2 fully saturated rings. The van der Waals surface area contributed by atoms with Crippen LogP contribution in [0, 0.1) is 5.92 Å². The lowest BCUT2D eigenvalue weighted by Gasteiger charge is -2.31. The van der Waals surface area contributed by atoms with Crippen molar-refractivity contribution in [2.75, 3.05) is 18.0 Å². The van der Waals surface area contributed by atoms with E-state index in [-0.39, 0.29) is 29.1 Å². The summed E-state index contributed by atoms with van der Waals surface area (Å²) in [4.78, 5) is 57.4.